The van der Waals surface area contributed by atoms with E-state index in [2.05, 4.69) is 180 Å². The average molecular weight is 831 g/mol. The second-order valence-corrected chi connectivity index (χ2v) is 26.0. The van der Waals surface area contributed by atoms with Crippen molar-refractivity contribution in [2.45, 2.75) is 207 Å². The molecule has 0 heterocycles. The van der Waals surface area contributed by atoms with Gasteiger partial charge < -0.3 is 4.12 Å². The lowest BCUT2D eigenvalue weighted by Crippen LogP contribution is -2.56. The SMILES string of the molecule is CCCCCC(C)(C)c1cccc([SiH](O[SiH](c2cccc(C(C)(C)CCCCC)c2)c2cccc(C(C)(C)CCCCC)c2)c2cccc(C(C)(C)CCCCC)c2)c1. The summed E-state index contributed by atoms with van der Waals surface area (Å²) in [6, 6.07) is 38.8. The first kappa shape index (κ1) is 48.9. The van der Waals surface area contributed by atoms with E-state index in [-0.39, 0.29) is 21.7 Å². The minimum atomic E-state index is -2.21. The lowest BCUT2D eigenvalue weighted by molar-refractivity contribution is 0.450. The van der Waals surface area contributed by atoms with Gasteiger partial charge in [-0.1, -0.05) is 257 Å². The number of unbranched alkanes of at least 4 members (excludes halogenated alkanes) is 8. The van der Waals surface area contributed by atoms with E-state index < -0.39 is 18.1 Å². The van der Waals surface area contributed by atoms with Gasteiger partial charge in [0, 0.05) is 0 Å². The van der Waals surface area contributed by atoms with Crippen LogP contribution < -0.4 is 20.7 Å². The molecule has 0 aliphatic carbocycles. The largest absolute Gasteiger partial charge is 0.446 e. The summed E-state index contributed by atoms with van der Waals surface area (Å²) in [5.74, 6) is 0. The van der Waals surface area contributed by atoms with Crippen LogP contribution in [0.25, 0.3) is 0 Å². The van der Waals surface area contributed by atoms with Crippen molar-refractivity contribution < 1.29 is 4.12 Å². The van der Waals surface area contributed by atoms with Crippen molar-refractivity contribution in [3.05, 3.63) is 119 Å². The van der Waals surface area contributed by atoms with Gasteiger partial charge in [-0.2, -0.15) is 0 Å². The molecular weight excluding hydrogens is 745 g/mol. The molecule has 324 valence electrons. The molecule has 4 aromatic rings. The van der Waals surface area contributed by atoms with Crippen LogP contribution in [0.5, 0.6) is 0 Å². The summed E-state index contributed by atoms with van der Waals surface area (Å²) in [5, 5.41) is 5.65. The Labute approximate surface area is 368 Å². The molecule has 0 radical (unpaired) electrons. The average Bonchev–Trinajstić information content (AvgIpc) is 3.21. The summed E-state index contributed by atoms with van der Waals surface area (Å²) in [6.45, 7) is 28.9. The Morgan fingerprint density at radius 3 is 0.763 bits per heavy atom. The van der Waals surface area contributed by atoms with Crippen LogP contribution in [0.4, 0.5) is 0 Å². The van der Waals surface area contributed by atoms with E-state index in [1.54, 1.807) is 0 Å². The van der Waals surface area contributed by atoms with Crippen LogP contribution in [-0.4, -0.2) is 18.1 Å². The smallest absolute Gasteiger partial charge is 0.228 e. The van der Waals surface area contributed by atoms with Crippen LogP contribution >= 0.6 is 0 Å². The molecule has 3 heteroatoms. The second-order valence-electron chi connectivity index (χ2n) is 20.8. The molecule has 4 aromatic carbocycles. The van der Waals surface area contributed by atoms with Crippen LogP contribution in [0.2, 0.25) is 0 Å². The quantitative estimate of drug-likeness (QED) is 0.0452. The van der Waals surface area contributed by atoms with Gasteiger partial charge in [0.2, 0.25) is 18.1 Å². The third-order valence-electron chi connectivity index (χ3n) is 13.8. The highest BCUT2D eigenvalue weighted by Gasteiger charge is 2.32. The zero-order valence-electron chi connectivity index (χ0n) is 40.1. The first-order chi connectivity index (χ1) is 28.1. The van der Waals surface area contributed by atoms with Crippen molar-refractivity contribution in [1.82, 2.24) is 0 Å². The standard InChI is InChI=1S/C56H86OSi2/c1-13-17-21-37-53(5,6)45-29-25-33-49(41-45)58(50-34-26-30-46(42-50)54(7,8)38-22-18-14-2)57-59(51-35-27-31-47(43-51)55(9,10)39-23-19-15-3)52-36-28-32-48(44-52)56(11,12)40-24-20-16-4/h25-36,41-44,58-59H,13-24,37-40H2,1-12H3. The number of benzene rings is 4. The van der Waals surface area contributed by atoms with Crippen molar-refractivity contribution in [2.24, 2.45) is 0 Å². The molecule has 0 spiro atoms. The zero-order valence-corrected chi connectivity index (χ0v) is 42.4. The van der Waals surface area contributed by atoms with E-state index in [0.29, 0.717) is 0 Å². The maximum absolute atomic E-state index is 8.14. The fourth-order valence-corrected chi connectivity index (χ4v) is 16.0. The van der Waals surface area contributed by atoms with Gasteiger partial charge in [0.05, 0.1) is 0 Å². The van der Waals surface area contributed by atoms with E-state index in [4.69, 9.17) is 4.12 Å². The first-order valence-electron chi connectivity index (χ1n) is 24.2. The summed E-state index contributed by atoms with van der Waals surface area (Å²) in [6.07, 6.45) is 20.1. The highest BCUT2D eigenvalue weighted by atomic mass is 28.4. The van der Waals surface area contributed by atoms with Crippen molar-refractivity contribution in [2.75, 3.05) is 0 Å². The molecule has 0 amide bonds. The Bertz CT molecular complexity index is 1570. The van der Waals surface area contributed by atoms with Crippen LogP contribution in [0.15, 0.2) is 97.1 Å². The van der Waals surface area contributed by atoms with Crippen molar-refractivity contribution in [3.8, 4) is 0 Å². The Hall–Kier alpha value is -2.73. The molecule has 0 saturated heterocycles. The summed E-state index contributed by atoms with van der Waals surface area (Å²) in [4.78, 5) is 0. The molecule has 0 aliphatic rings. The number of rotatable bonds is 26. The Morgan fingerprint density at radius 1 is 0.339 bits per heavy atom. The minimum Gasteiger partial charge on any atom is -0.446 e. The molecule has 4 rings (SSSR count). The monoisotopic (exact) mass is 831 g/mol. The van der Waals surface area contributed by atoms with Crippen molar-refractivity contribution in [1.29, 1.82) is 0 Å². The van der Waals surface area contributed by atoms with Gasteiger partial charge in [-0.25, -0.2) is 0 Å². The number of hydrogen-bond acceptors (Lipinski definition) is 1. The van der Waals surface area contributed by atoms with Crippen LogP contribution in [0.3, 0.4) is 0 Å². The van der Waals surface area contributed by atoms with Gasteiger partial charge in [0.15, 0.2) is 0 Å². The third kappa shape index (κ3) is 14.2. The van der Waals surface area contributed by atoms with E-state index in [1.165, 1.54) is 146 Å². The summed E-state index contributed by atoms with van der Waals surface area (Å²) in [7, 11) is -4.43. The summed E-state index contributed by atoms with van der Waals surface area (Å²) < 4.78 is 8.14. The summed E-state index contributed by atoms with van der Waals surface area (Å²) >= 11 is 0. The predicted octanol–water partition coefficient (Wildman–Crippen LogP) is 13.5. The molecule has 0 aliphatic heterocycles. The van der Waals surface area contributed by atoms with E-state index in [0.717, 1.165) is 0 Å². The maximum atomic E-state index is 8.14. The molecule has 0 saturated carbocycles. The highest BCUT2D eigenvalue weighted by Crippen LogP contribution is 2.32. The fraction of sp³-hybridized carbons (Fsp3) is 0.571. The van der Waals surface area contributed by atoms with Crippen LogP contribution in [0.1, 0.15) is 208 Å². The zero-order chi connectivity index (χ0) is 43.1. The Kier molecular flexibility index (Phi) is 19.0. The topological polar surface area (TPSA) is 9.23 Å². The molecule has 0 unspecified atom stereocenters. The van der Waals surface area contributed by atoms with Gasteiger partial charge in [-0.05, 0) is 90.3 Å². The number of hydrogen-bond donors (Lipinski definition) is 0. The normalized spacial score (nSPS) is 12.8. The highest BCUT2D eigenvalue weighted by molar-refractivity contribution is 6.91. The molecule has 0 atom stereocenters. The van der Waals surface area contributed by atoms with Crippen LogP contribution in [0, 0.1) is 0 Å². The lowest BCUT2D eigenvalue weighted by atomic mass is 9.80. The first-order valence-corrected chi connectivity index (χ1v) is 27.4. The van der Waals surface area contributed by atoms with E-state index in [1.807, 2.05) is 0 Å². The van der Waals surface area contributed by atoms with E-state index in [9.17, 15) is 0 Å². The summed E-state index contributed by atoms with van der Waals surface area (Å²) in [5.41, 5.74) is 6.25. The molecule has 0 fully saturated rings. The Balaban J connectivity index is 1.93. The fourth-order valence-electron chi connectivity index (χ4n) is 9.17. The minimum absolute atomic E-state index is 0.111. The van der Waals surface area contributed by atoms with Gasteiger partial charge in [0.25, 0.3) is 0 Å². The van der Waals surface area contributed by atoms with Crippen LogP contribution in [-0.2, 0) is 25.8 Å². The molecule has 0 bridgehead atoms. The molecule has 1 nitrogen and oxygen atoms in total. The predicted molar refractivity (Wildman–Crippen MR) is 268 cm³/mol. The van der Waals surface area contributed by atoms with Gasteiger partial charge in [0.1, 0.15) is 0 Å². The molecule has 59 heavy (non-hydrogen) atoms. The van der Waals surface area contributed by atoms with Crippen molar-refractivity contribution in [3.63, 3.8) is 0 Å². The van der Waals surface area contributed by atoms with Gasteiger partial charge in [-0.3, -0.25) is 0 Å². The van der Waals surface area contributed by atoms with Crippen molar-refractivity contribution >= 4 is 38.8 Å². The van der Waals surface area contributed by atoms with Gasteiger partial charge in [-0.15, -0.1) is 0 Å². The second kappa shape index (κ2) is 22.9. The van der Waals surface area contributed by atoms with Gasteiger partial charge >= 0.3 is 0 Å². The van der Waals surface area contributed by atoms with E-state index >= 15 is 0 Å². The lowest BCUT2D eigenvalue weighted by Gasteiger charge is -2.32. The molecular formula is C56H86OSi2. The molecule has 0 aromatic heterocycles. The molecule has 0 N–H and O–H groups in total. The third-order valence-corrected chi connectivity index (χ3v) is 19.8. The Morgan fingerprint density at radius 2 is 0.559 bits per heavy atom. The maximum Gasteiger partial charge on any atom is 0.228 e.